The van der Waals surface area contributed by atoms with Crippen molar-refractivity contribution in [1.82, 2.24) is 4.90 Å². The van der Waals surface area contributed by atoms with Crippen LogP contribution in [0.5, 0.6) is 0 Å². The Kier molecular flexibility index (Phi) is 3.87. The first-order valence-electron chi connectivity index (χ1n) is 6.36. The van der Waals surface area contributed by atoms with Crippen molar-refractivity contribution in [1.29, 1.82) is 0 Å². The van der Waals surface area contributed by atoms with Gasteiger partial charge >= 0.3 is 6.18 Å². The predicted molar refractivity (Wildman–Crippen MR) is 66.8 cm³/mol. The molecular weight excluding hydrogens is 255 g/mol. The number of halogens is 3. The summed E-state index contributed by atoms with van der Waals surface area (Å²) in [5.41, 5.74) is -0.986. The van der Waals surface area contributed by atoms with Crippen LogP contribution in [0.15, 0.2) is 24.3 Å². The molecule has 1 saturated heterocycles. The van der Waals surface area contributed by atoms with Crippen molar-refractivity contribution >= 4 is 0 Å². The summed E-state index contributed by atoms with van der Waals surface area (Å²) in [6.45, 7) is 1.55. The van der Waals surface area contributed by atoms with Crippen LogP contribution in [-0.4, -0.2) is 35.7 Å². The molecule has 2 nitrogen and oxygen atoms in total. The van der Waals surface area contributed by atoms with Gasteiger partial charge in [0.15, 0.2) is 0 Å². The maximum Gasteiger partial charge on any atom is 0.416 e. The lowest BCUT2D eigenvalue weighted by molar-refractivity contribution is -0.137. The van der Waals surface area contributed by atoms with Crippen LogP contribution >= 0.6 is 0 Å². The zero-order chi connectivity index (χ0) is 14.1. The number of nitrogens with zero attached hydrogens (tertiary/aromatic N) is 1. The third kappa shape index (κ3) is 3.70. The molecule has 2 rings (SSSR count). The number of alkyl halides is 3. The fourth-order valence-corrected chi connectivity index (χ4v) is 2.45. The van der Waals surface area contributed by atoms with Crippen LogP contribution in [0.2, 0.25) is 0 Å². The van der Waals surface area contributed by atoms with E-state index in [9.17, 15) is 18.3 Å². The maximum atomic E-state index is 12.6. The Balaban J connectivity index is 2.11. The van der Waals surface area contributed by atoms with E-state index in [-0.39, 0.29) is 6.42 Å². The lowest BCUT2D eigenvalue weighted by atomic mass is 9.85. The van der Waals surface area contributed by atoms with Gasteiger partial charge in [-0.25, -0.2) is 0 Å². The molecule has 0 aliphatic carbocycles. The van der Waals surface area contributed by atoms with Gasteiger partial charge in [-0.15, -0.1) is 0 Å². The molecule has 1 aliphatic rings. The molecule has 0 spiro atoms. The number of aliphatic hydroxyl groups is 1. The van der Waals surface area contributed by atoms with Crippen LogP contribution < -0.4 is 0 Å². The molecule has 0 saturated carbocycles. The molecular formula is C14H18F3NO. The Morgan fingerprint density at radius 1 is 1.26 bits per heavy atom. The van der Waals surface area contributed by atoms with Gasteiger partial charge in [0, 0.05) is 19.5 Å². The summed E-state index contributed by atoms with van der Waals surface area (Å²) >= 11 is 0. The zero-order valence-corrected chi connectivity index (χ0v) is 10.9. The summed E-state index contributed by atoms with van der Waals surface area (Å²) in [4.78, 5) is 2.11. The van der Waals surface area contributed by atoms with Crippen LogP contribution in [0.1, 0.15) is 24.0 Å². The van der Waals surface area contributed by atoms with E-state index in [4.69, 9.17) is 0 Å². The van der Waals surface area contributed by atoms with Gasteiger partial charge in [0.05, 0.1) is 11.2 Å². The average Bonchev–Trinajstić information content (AvgIpc) is 2.33. The lowest BCUT2D eigenvalue weighted by Gasteiger charge is -2.36. The molecule has 0 amide bonds. The molecule has 0 radical (unpaired) electrons. The Morgan fingerprint density at radius 2 is 1.89 bits per heavy atom. The molecule has 1 N–H and O–H groups in total. The highest BCUT2D eigenvalue weighted by Gasteiger charge is 2.33. The minimum atomic E-state index is -4.33. The van der Waals surface area contributed by atoms with E-state index in [1.54, 1.807) is 6.07 Å². The largest absolute Gasteiger partial charge is 0.416 e. The number of rotatable bonds is 2. The van der Waals surface area contributed by atoms with Gasteiger partial charge in [-0.05, 0) is 31.5 Å². The highest BCUT2D eigenvalue weighted by molar-refractivity contribution is 5.27. The predicted octanol–water partition coefficient (Wildman–Crippen LogP) is 2.70. The minimum Gasteiger partial charge on any atom is -0.389 e. The van der Waals surface area contributed by atoms with Crippen LogP contribution in [0.4, 0.5) is 13.2 Å². The standard InChI is InChI=1S/C14H18F3NO/c1-18-7-5-13(19,6-8-18)10-11-3-2-4-12(9-11)14(15,16)17/h2-4,9,19H,5-8,10H2,1H3. The van der Waals surface area contributed by atoms with Gasteiger partial charge in [-0.2, -0.15) is 13.2 Å². The Bertz CT molecular complexity index is 437. The number of piperidine rings is 1. The molecule has 1 aromatic rings. The second-order valence-corrected chi connectivity index (χ2v) is 5.40. The second kappa shape index (κ2) is 5.13. The Hall–Kier alpha value is -1.07. The first kappa shape index (κ1) is 14.3. The van der Waals surface area contributed by atoms with Gasteiger partial charge in [0.25, 0.3) is 0 Å². The molecule has 1 aliphatic heterocycles. The second-order valence-electron chi connectivity index (χ2n) is 5.40. The third-order valence-electron chi connectivity index (χ3n) is 3.71. The maximum absolute atomic E-state index is 12.6. The summed E-state index contributed by atoms with van der Waals surface area (Å²) in [6, 6.07) is 5.24. The third-order valence-corrected chi connectivity index (χ3v) is 3.71. The fraction of sp³-hybridized carbons (Fsp3) is 0.571. The van der Waals surface area contributed by atoms with Crippen molar-refractivity contribution in [2.75, 3.05) is 20.1 Å². The molecule has 19 heavy (non-hydrogen) atoms. The lowest BCUT2D eigenvalue weighted by Crippen LogP contribution is -2.44. The van der Waals surface area contributed by atoms with Crippen molar-refractivity contribution in [2.24, 2.45) is 0 Å². The SMILES string of the molecule is CN1CCC(O)(Cc2cccc(C(F)(F)F)c2)CC1. The zero-order valence-electron chi connectivity index (χ0n) is 10.9. The van der Waals surface area contributed by atoms with Crippen molar-refractivity contribution in [2.45, 2.75) is 31.0 Å². The van der Waals surface area contributed by atoms with E-state index in [1.807, 2.05) is 7.05 Å². The molecule has 0 atom stereocenters. The van der Waals surface area contributed by atoms with Crippen LogP contribution in [0.25, 0.3) is 0 Å². The van der Waals surface area contributed by atoms with E-state index in [0.717, 1.165) is 25.2 Å². The molecule has 1 heterocycles. The number of likely N-dealkylation sites (tertiary alicyclic amines) is 1. The summed E-state index contributed by atoms with van der Waals surface area (Å²) in [5.74, 6) is 0. The molecule has 0 aromatic heterocycles. The number of benzene rings is 1. The Labute approximate surface area is 110 Å². The van der Waals surface area contributed by atoms with Crippen molar-refractivity contribution in [3.05, 3.63) is 35.4 Å². The minimum absolute atomic E-state index is 0.282. The van der Waals surface area contributed by atoms with Gasteiger partial charge in [0.2, 0.25) is 0 Å². The van der Waals surface area contributed by atoms with Crippen molar-refractivity contribution in [3.63, 3.8) is 0 Å². The summed E-state index contributed by atoms with van der Waals surface area (Å²) in [6.07, 6.45) is -2.85. The number of hydrogen-bond donors (Lipinski definition) is 1. The topological polar surface area (TPSA) is 23.5 Å². The molecule has 1 fully saturated rings. The van der Waals surface area contributed by atoms with Gasteiger partial charge in [-0.3, -0.25) is 0 Å². The first-order chi connectivity index (χ1) is 8.78. The quantitative estimate of drug-likeness (QED) is 0.895. The number of hydrogen-bond acceptors (Lipinski definition) is 2. The molecule has 1 aromatic carbocycles. The van der Waals surface area contributed by atoms with E-state index in [0.29, 0.717) is 18.4 Å². The Morgan fingerprint density at radius 3 is 2.47 bits per heavy atom. The summed E-state index contributed by atoms with van der Waals surface area (Å²) in [7, 11) is 1.98. The van der Waals surface area contributed by atoms with E-state index < -0.39 is 17.3 Å². The van der Waals surface area contributed by atoms with Crippen molar-refractivity contribution < 1.29 is 18.3 Å². The van der Waals surface area contributed by atoms with Gasteiger partial charge < -0.3 is 10.0 Å². The summed E-state index contributed by atoms with van der Waals surface area (Å²) < 4.78 is 37.9. The normalized spacial score (nSPS) is 20.5. The van der Waals surface area contributed by atoms with E-state index in [2.05, 4.69) is 4.90 Å². The molecule has 106 valence electrons. The first-order valence-corrected chi connectivity index (χ1v) is 6.36. The highest BCUT2D eigenvalue weighted by atomic mass is 19.4. The van der Waals surface area contributed by atoms with Gasteiger partial charge in [0.1, 0.15) is 0 Å². The monoisotopic (exact) mass is 273 g/mol. The summed E-state index contributed by atoms with van der Waals surface area (Å²) in [5, 5.41) is 10.4. The molecule has 0 bridgehead atoms. The smallest absolute Gasteiger partial charge is 0.389 e. The van der Waals surface area contributed by atoms with Crippen LogP contribution in [0, 0.1) is 0 Å². The molecule has 0 unspecified atom stereocenters. The van der Waals surface area contributed by atoms with Crippen molar-refractivity contribution in [3.8, 4) is 0 Å². The van der Waals surface area contributed by atoms with E-state index in [1.165, 1.54) is 6.07 Å². The van der Waals surface area contributed by atoms with E-state index >= 15 is 0 Å². The van der Waals surface area contributed by atoms with Gasteiger partial charge in [-0.1, -0.05) is 18.2 Å². The fourth-order valence-electron chi connectivity index (χ4n) is 2.45. The highest BCUT2D eigenvalue weighted by Crippen LogP contribution is 2.31. The van der Waals surface area contributed by atoms with Crippen LogP contribution in [-0.2, 0) is 12.6 Å². The average molecular weight is 273 g/mol. The van der Waals surface area contributed by atoms with Crippen LogP contribution in [0.3, 0.4) is 0 Å². The molecule has 5 heteroatoms.